The van der Waals surface area contributed by atoms with Gasteiger partial charge in [0.25, 0.3) is 0 Å². The molecule has 0 radical (unpaired) electrons. The van der Waals surface area contributed by atoms with E-state index in [0.29, 0.717) is 10.0 Å². The van der Waals surface area contributed by atoms with Gasteiger partial charge in [0.15, 0.2) is 0 Å². The molecular weight excluding hydrogens is 361 g/mol. The van der Waals surface area contributed by atoms with Crippen molar-refractivity contribution in [3.63, 3.8) is 0 Å². The van der Waals surface area contributed by atoms with Crippen molar-refractivity contribution < 1.29 is 14.3 Å². The quantitative estimate of drug-likeness (QED) is 0.733. The number of carbonyl (C=O) groups is 2. The molecule has 1 N–H and O–H groups in total. The predicted molar refractivity (Wildman–Crippen MR) is 99.0 cm³/mol. The fraction of sp³-hybridized carbons (Fsp3) is 0.263. The number of ether oxygens (including phenoxy) is 1. The fourth-order valence-electron chi connectivity index (χ4n) is 2.46. The molecule has 0 atom stereocenters. The van der Waals surface area contributed by atoms with Crippen molar-refractivity contribution in [2.45, 2.75) is 19.3 Å². The normalized spacial score (nSPS) is 10.6. The molecule has 6 heteroatoms. The zero-order valence-corrected chi connectivity index (χ0v) is 15.3. The first-order valence-corrected chi connectivity index (χ1v) is 8.68. The molecule has 0 heterocycles. The van der Waals surface area contributed by atoms with E-state index in [9.17, 15) is 9.59 Å². The summed E-state index contributed by atoms with van der Waals surface area (Å²) in [6, 6.07) is 14.7. The van der Waals surface area contributed by atoms with Gasteiger partial charge in [-0.15, -0.1) is 0 Å². The number of halogens is 2. The van der Waals surface area contributed by atoms with Crippen LogP contribution in [0.25, 0.3) is 0 Å². The molecule has 4 nitrogen and oxygen atoms in total. The van der Waals surface area contributed by atoms with Gasteiger partial charge in [-0.05, 0) is 42.3 Å². The number of amides is 1. The van der Waals surface area contributed by atoms with Gasteiger partial charge in [-0.25, -0.2) is 0 Å². The molecule has 0 spiro atoms. The summed E-state index contributed by atoms with van der Waals surface area (Å²) in [5.74, 6) is -0.856. The van der Waals surface area contributed by atoms with Crippen molar-refractivity contribution in [3.05, 3.63) is 69.7 Å². The van der Waals surface area contributed by atoms with Gasteiger partial charge in [-0.1, -0.05) is 47.5 Å². The van der Waals surface area contributed by atoms with Gasteiger partial charge in [0.05, 0.1) is 6.61 Å². The monoisotopic (exact) mass is 379 g/mol. The molecule has 2 rings (SSSR count). The van der Waals surface area contributed by atoms with E-state index in [1.165, 1.54) is 0 Å². The summed E-state index contributed by atoms with van der Waals surface area (Å²) >= 11 is 11.9. The average Bonchev–Trinajstić information content (AvgIpc) is 2.60. The van der Waals surface area contributed by atoms with Gasteiger partial charge in [0.1, 0.15) is 6.54 Å². The second-order valence-electron chi connectivity index (χ2n) is 5.44. The molecule has 0 aliphatic carbocycles. The number of carbonyl (C=O) groups excluding carboxylic acids is 2. The summed E-state index contributed by atoms with van der Waals surface area (Å²) in [6.07, 6.45) is 0.197. The zero-order valence-electron chi connectivity index (χ0n) is 13.8. The molecule has 132 valence electrons. The second kappa shape index (κ2) is 9.44. The highest BCUT2D eigenvalue weighted by Gasteiger charge is 2.19. The van der Waals surface area contributed by atoms with Crippen LogP contribution in [0.2, 0.25) is 10.0 Å². The van der Waals surface area contributed by atoms with Crippen LogP contribution in [0.5, 0.6) is 0 Å². The maximum absolute atomic E-state index is 12.3. The van der Waals surface area contributed by atoms with Gasteiger partial charge in [-0.2, -0.15) is 0 Å². The number of benzene rings is 2. The Labute approximate surface area is 157 Å². The van der Waals surface area contributed by atoms with Crippen molar-refractivity contribution in [2.75, 3.05) is 13.2 Å². The largest absolute Gasteiger partial charge is 0.465 e. The number of hydrogen-bond donors (Lipinski definition) is 1. The van der Waals surface area contributed by atoms with Crippen LogP contribution in [0.15, 0.2) is 48.5 Å². The van der Waals surface area contributed by atoms with Crippen molar-refractivity contribution in [3.8, 4) is 0 Å². The Kier molecular flexibility index (Phi) is 7.29. The Bertz CT molecular complexity index is 669. The van der Waals surface area contributed by atoms with Crippen molar-refractivity contribution >= 4 is 35.1 Å². The van der Waals surface area contributed by atoms with Gasteiger partial charge in [0, 0.05) is 22.4 Å². The molecule has 0 aliphatic rings. The molecule has 0 bridgehead atoms. The summed E-state index contributed by atoms with van der Waals surface area (Å²) < 4.78 is 4.81. The molecule has 25 heavy (non-hydrogen) atoms. The predicted octanol–water partition coefficient (Wildman–Crippen LogP) is 4.19. The lowest BCUT2D eigenvalue weighted by molar-refractivity contribution is -0.143. The molecule has 2 aromatic rings. The number of hydrogen-bond acceptors (Lipinski definition) is 3. The Hall–Kier alpha value is -2.04. The second-order valence-corrected chi connectivity index (χ2v) is 6.31. The molecule has 0 aliphatic heterocycles. The highest BCUT2D eigenvalue weighted by molar-refractivity contribution is 6.30. The van der Waals surface area contributed by atoms with Crippen LogP contribution < -0.4 is 5.32 Å². The van der Waals surface area contributed by atoms with Crippen LogP contribution >= 0.6 is 23.2 Å². The Morgan fingerprint density at radius 2 is 1.44 bits per heavy atom. The SMILES string of the molecule is CCOC(=O)CNC(=O)CC(c1ccc(Cl)cc1)c1ccc(Cl)cc1. The van der Waals surface area contributed by atoms with Crippen molar-refractivity contribution in [1.82, 2.24) is 5.32 Å². The third kappa shape index (κ3) is 6.07. The van der Waals surface area contributed by atoms with Crippen molar-refractivity contribution in [2.24, 2.45) is 0 Å². The van der Waals surface area contributed by atoms with E-state index in [0.717, 1.165) is 11.1 Å². The van der Waals surface area contributed by atoms with Gasteiger partial charge in [0.2, 0.25) is 5.91 Å². The summed E-state index contributed by atoms with van der Waals surface area (Å²) in [6.45, 7) is 1.87. The van der Waals surface area contributed by atoms with E-state index in [4.69, 9.17) is 27.9 Å². The highest BCUT2D eigenvalue weighted by atomic mass is 35.5. The van der Waals surface area contributed by atoms with Gasteiger partial charge >= 0.3 is 5.97 Å². The van der Waals surface area contributed by atoms with Crippen LogP contribution in [-0.4, -0.2) is 25.0 Å². The van der Waals surface area contributed by atoms with E-state index in [2.05, 4.69) is 5.32 Å². The molecule has 2 aromatic carbocycles. The lowest BCUT2D eigenvalue weighted by atomic mass is 9.88. The molecular formula is C19H19Cl2NO3. The first kappa shape index (κ1) is 19.3. The number of esters is 1. The van der Waals surface area contributed by atoms with Gasteiger partial charge in [-0.3, -0.25) is 9.59 Å². The third-order valence-corrected chi connectivity index (χ3v) is 4.17. The molecule has 0 aromatic heterocycles. The summed E-state index contributed by atoms with van der Waals surface area (Å²) in [4.78, 5) is 23.7. The van der Waals surface area contributed by atoms with E-state index in [1.807, 2.05) is 24.3 Å². The van der Waals surface area contributed by atoms with Gasteiger partial charge < -0.3 is 10.1 Å². The Morgan fingerprint density at radius 3 is 1.88 bits per heavy atom. The molecule has 0 unspecified atom stereocenters. The molecule has 0 saturated carbocycles. The summed E-state index contributed by atoms with van der Waals surface area (Å²) in [5.41, 5.74) is 1.91. The Balaban J connectivity index is 2.14. The van der Waals surface area contributed by atoms with Crippen LogP contribution in [0, 0.1) is 0 Å². The summed E-state index contributed by atoms with van der Waals surface area (Å²) in [7, 11) is 0. The third-order valence-electron chi connectivity index (χ3n) is 3.67. The fourth-order valence-corrected chi connectivity index (χ4v) is 2.71. The topological polar surface area (TPSA) is 55.4 Å². The minimum Gasteiger partial charge on any atom is -0.465 e. The highest BCUT2D eigenvalue weighted by Crippen LogP contribution is 2.29. The minimum atomic E-state index is -0.453. The number of rotatable bonds is 7. The minimum absolute atomic E-state index is 0.138. The van der Waals surface area contributed by atoms with E-state index >= 15 is 0 Å². The maximum Gasteiger partial charge on any atom is 0.325 e. The Morgan fingerprint density at radius 1 is 0.960 bits per heavy atom. The van der Waals surface area contributed by atoms with Crippen LogP contribution in [0.4, 0.5) is 0 Å². The smallest absolute Gasteiger partial charge is 0.325 e. The van der Waals surface area contributed by atoms with E-state index in [1.54, 1.807) is 31.2 Å². The van der Waals surface area contributed by atoms with Crippen LogP contribution in [-0.2, 0) is 14.3 Å². The molecule has 1 amide bonds. The van der Waals surface area contributed by atoms with E-state index in [-0.39, 0.29) is 31.4 Å². The van der Waals surface area contributed by atoms with Crippen molar-refractivity contribution in [1.29, 1.82) is 0 Å². The maximum atomic E-state index is 12.3. The average molecular weight is 380 g/mol. The lowest BCUT2D eigenvalue weighted by Crippen LogP contribution is -2.31. The first-order chi connectivity index (χ1) is 12.0. The standard InChI is InChI=1S/C19H19Cl2NO3/c1-2-25-19(24)12-22-18(23)11-17(13-3-7-15(20)8-4-13)14-5-9-16(21)10-6-14/h3-10,17H,2,11-12H2,1H3,(H,22,23). The number of nitrogens with one attached hydrogen (secondary N) is 1. The zero-order chi connectivity index (χ0) is 18.2. The van der Waals surface area contributed by atoms with Crippen LogP contribution in [0.1, 0.15) is 30.4 Å². The summed E-state index contributed by atoms with van der Waals surface area (Å²) in [5, 5.41) is 3.85. The van der Waals surface area contributed by atoms with E-state index < -0.39 is 5.97 Å². The molecule has 0 saturated heterocycles. The first-order valence-electron chi connectivity index (χ1n) is 7.93. The molecule has 0 fully saturated rings. The lowest BCUT2D eigenvalue weighted by Gasteiger charge is -2.18. The van der Waals surface area contributed by atoms with Crippen LogP contribution in [0.3, 0.4) is 0 Å².